The fraction of sp³-hybridized carbons (Fsp3) is 0.138. The molecule has 7 rings (SSSR count). The number of allylic oxidation sites excluding steroid dienone is 2. The van der Waals surface area contributed by atoms with Gasteiger partial charge < -0.3 is 15.6 Å². The van der Waals surface area contributed by atoms with Crippen molar-refractivity contribution < 1.29 is 13.6 Å². The molecule has 11 heteroatoms. The van der Waals surface area contributed by atoms with Crippen LogP contribution in [0.1, 0.15) is 30.5 Å². The zero-order valence-electron chi connectivity index (χ0n) is 21.0. The van der Waals surface area contributed by atoms with Crippen LogP contribution in [-0.2, 0) is 4.79 Å². The second kappa shape index (κ2) is 9.53. The molecule has 1 aliphatic heterocycles. The maximum atomic E-state index is 16.1. The number of nitrogens with zero attached hydrogens (tertiary/aromatic N) is 4. The molecule has 5 aromatic rings. The summed E-state index contributed by atoms with van der Waals surface area (Å²) >= 11 is 0. The number of anilines is 2. The maximum absolute atomic E-state index is 16.1. The molecule has 0 radical (unpaired) electrons. The van der Waals surface area contributed by atoms with E-state index in [0.717, 1.165) is 19.3 Å². The minimum Gasteiger partial charge on any atom is -0.345 e. The molecule has 4 N–H and O–H groups in total. The van der Waals surface area contributed by atoms with E-state index < -0.39 is 5.82 Å². The van der Waals surface area contributed by atoms with Crippen molar-refractivity contribution in [2.75, 3.05) is 10.6 Å². The normalized spacial score (nSPS) is 14.7. The number of imidazole rings is 1. The molecule has 4 aromatic heterocycles. The Morgan fingerprint density at radius 1 is 1.05 bits per heavy atom. The third-order valence-electron chi connectivity index (χ3n) is 7.24. The highest BCUT2D eigenvalue weighted by Crippen LogP contribution is 2.36. The van der Waals surface area contributed by atoms with Crippen molar-refractivity contribution in [3.05, 3.63) is 90.2 Å². The topological polar surface area (TPSA) is 124 Å². The van der Waals surface area contributed by atoms with Gasteiger partial charge >= 0.3 is 0 Å². The second-order valence-corrected chi connectivity index (χ2v) is 9.77. The standard InChI is InChI=1S/C29H22F2N8O/c30-18-7-2-6-16(10-18)20-8-3-9-33-27-24(20)36-28(37-27)25-22-23(31)21(14-34-26(22)39-38-25)17-11-19(13-32-12-17)35-29(40)15-4-1-5-15/h2-3,6-15,33H,1,4-5H2,(H,35,40)(H,36,37)(H,34,38,39). The molecule has 198 valence electrons. The van der Waals surface area contributed by atoms with Crippen molar-refractivity contribution in [2.24, 2.45) is 5.92 Å². The van der Waals surface area contributed by atoms with E-state index in [4.69, 9.17) is 0 Å². The summed E-state index contributed by atoms with van der Waals surface area (Å²) in [6.45, 7) is 0. The molecule has 0 saturated heterocycles. The van der Waals surface area contributed by atoms with Crippen molar-refractivity contribution in [2.45, 2.75) is 19.3 Å². The van der Waals surface area contributed by atoms with E-state index in [-0.39, 0.29) is 34.2 Å². The van der Waals surface area contributed by atoms with Crippen LogP contribution in [0.2, 0.25) is 0 Å². The van der Waals surface area contributed by atoms with Gasteiger partial charge in [-0.15, -0.1) is 0 Å². The highest BCUT2D eigenvalue weighted by molar-refractivity contribution is 5.96. The summed E-state index contributed by atoms with van der Waals surface area (Å²) in [5.74, 6) is -0.137. The van der Waals surface area contributed by atoms with Crippen LogP contribution in [-0.4, -0.2) is 36.0 Å². The molecule has 0 spiro atoms. The fourth-order valence-electron chi connectivity index (χ4n) is 4.94. The van der Waals surface area contributed by atoms with Crippen molar-refractivity contribution in [1.29, 1.82) is 0 Å². The number of H-pyrrole nitrogens is 2. The molecule has 9 nitrogen and oxygen atoms in total. The molecule has 1 amide bonds. The van der Waals surface area contributed by atoms with Gasteiger partial charge in [-0.25, -0.2) is 18.7 Å². The molecule has 1 saturated carbocycles. The van der Waals surface area contributed by atoms with Gasteiger partial charge in [-0.2, -0.15) is 5.10 Å². The Morgan fingerprint density at radius 3 is 2.77 bits per heavy atom. The quantitative estimate of drug-likeness (QED) is 0.225. The van der Waals surface area contributed by atoms with E-state index in [9.17, 15) is 9.18 Å². The average Bonchev–Trinajstić information content (AvgIpc) is 3.48. The van der Waals surface area contributed by atoms with E-state index >= 15 is 4.39 Å². The van der Waals surface area contributed by atoms with Crippen molar-refractivity contribution >= 4 is 34.0 Å². The SMILES string of the molecule is O=C(Nc1cncc(-c2cnc3n[nH]c(-c4nc5c([nH]4)C(c4cccc(F)c4)=CC=CN5)c3c2F)c1)C1CCC1. The monoisotopic (exact) mass is 536 g/mol. The van der Waals surface area contributed by atoms with Gasteiger partial charge in [-0.05, 0) is 42.7 Å². The Morgan fingerprint density at radius 2 is 1.95 bits per heavy atom. The summed E-state index contributed by atoms with van der Waals surface area (Å²) < 4.78 is 30.1. The maximum Gasteiger partial charge on any atom is 0.227 e. The van der Waals surface area contributed by atoms with E-state index in [2.05, 4.69) is 40.8 Å². The lowest BCUT2D eigenvalue weighted by molar-refractivity contribution is -0.122. The summed E-state index contributed by atoms with van der Waals surface area (Å²) in [6, 6.07) is 7.94. The smallest absolute Gasteiger partial charge is 0.227 e. The first-order valence-electron chi connectivity index (χ1n) is 12.8. The van der Waals surface area contributed by atoms with Gasteiger partial charge in [0.05, 0.1) is 23.0 Å². The predicted octanol–water partition coefficient (Wildman–Crippen LogP) is 5.80. The molecule has 1 aromatic carbocycles. The molecule has 1 aliphatic carbocycles. The summed E-state index contributed by atoms with van der Waals surface area (Å²) in [5, 5.41) is 13.2. The zero-order valence-corrected chi connectivity index (χ0v) is 21.0. The third-order valence-corrected chi connectivity index (χ3v) is 7.24. The van der Waals surface area contributed by atoms with Crippen LogP contribution >= 0.6 is 0 Å². The van der Waals surface area contributed by atoms with Crippen molar-refractivity contribution in [3.63, 3.8) is 0 Å². The van der Waals surface area contributed by atoms with Crippen LogP contribution in [0.3, 0.4) is 0 Å². The van der Waals surface area contributed by atoms with Crippen LogP contribution < -0.4 is 10.6 Å². The lowest BCUT2D eigenvalue weighted by Gasteiger charge is -2.24. The average molecular weight is 537 g/mol. The van der Waals surface area contributed by atoms with Gasteiger partial charge in [0.1, 0.15) is 17.3 Å². The van der Waals surface area contributed by atoms with E-state index in [0.29, 0.717) is 45.4 Å². The number of benzene rings is 1. The number of carbonyl (C=O) groups excluding carboxylic acids is 1. The molecule has 2 aliphatic rings. The highest BCUT2D eigenvalue weighted by Gasteiger charge is 2.26. The van der Waals surface area contributed by atoms with Gasteiger partial charge in [0, 0.05) is 41.2 Å². The van der Waals surface area contributed by atoms with E-state index in [1.807, 2.05) is 6.08 Å². The first-order chi connectivity index (χ1) is 19.5. The first-order valence-corrected chi connectivity index (χ1v) is 12.8. The summed E-state index contributed by atoms with van der Waals surface area (Å²) in [7, 11) is 0. The molecule has 40 heavy (non-hydrogen) atoms. The van der Waals surface area contributed by atoms with E-state index in [1.54, 1.807) is 30.5 Å². The molecule has 1 fully saturated rings. The number of hydrogen-bond donors (Lipinski definition) is 4. The van der Waals surface area contributed by atoms with E-state index in [1.165, 1.54) is 30.7 Å². The highest BCUT2D eigenvalue weighted by atomic mass is 19.1. The van der Waals surface area contributed by atoms with Gasteiger partial charge in [-0.3, -0.25) is 14.9 Å². The molecule has 0 atom stereocenters. The van der Waals surface area contributed by atoms with Crippen molar-refractivity contribution in [1.82, 2.24) is 30.1 Å². The number of aromatic nitrogens is 6. The minimum atomic E-state index is -0.557. The number of aromatic amines is 2. The Labute approximate surface area is 226 Å². The van der Waals surface area contributed by atoms with Crippen molar-refractivity contribution in [3.8, 4) is 22.6 Å². The fourth-order valence-corrected chi connectivity index (χ4v) is 4.94. The van der Waals surface area contributed by atoms with Crippen LogP contribution in [0.25, 0.3) is 39.3 Å². The lowest BCUT2D eigenvalue weighted by Crippen LogP contribution is -2.28. The van der Waals surface area contributed by atoms with Gasteiger partial charge in [0.25, 0.3) is 0 Å². The Balaban J connectivity index is 1.28. The van der Waals surface area contributed by atoms with Gasteiger partial charge in [0.2, 0.25) is 5.91 Å². The summed E-state index contributed by atoms with van der Waals surface area (Å²) in [5.41, 5.74) is 3.63. The minimum absolute atomic E-state index is 0.0107. The Kier molecular flexibility index (Phi) is 5.69. The number of amides is 1. The Bertz CT molecular complexity index is 1850. The number of rotatable bonds is 5. The van der Waals surface area contributed by atoms with Crippen LogP contribution in [0.5, 0.6) is 0 Å². The first kappa shape index (κ1) is 23.9. The molecule has 5 heterocycles. The molecular formula is C29H22F2N8O. The van der Waals surface area contributed by atoms with Crippen LogP contribution in [0, 0.1) is 17.6 Å². The number of halogens is 2. The summed E-state index contributed by atoms with van der Waals surface area (Å²) in [4.78, 5) is 28.9. The van der Waals surface area contributed by atoms with Gasteiger partial charge in [0.15, 0.2) is 17.3 Å². The number of nitrogens with one attached hydrogen (secondary N) is 4. The third kappa shape index (κ3) is 4.12. The van der Waals surface area contributed by atoms with Gasteiger partial charge in [-0.1, -0.05) is 24.6 Å². The number of hydrogen-bond acceptors (Lipinski definition) is 6. The number of carbonyl (C=O) groups is 1. The van der Waals surface area contributed by atoms with Crippen LogP contribution in [0.15, 0.2) is 67.3 Å². The Hall–Kier alpha value is -5.19. The zero-order chi connectivity index (χ0) is 27.2. The van der Waals surface area contributed by atoms with Crippen LogP contribution in [0.4, 0.5) is 20.3 Å². The predicted molar refractivity (Wildman–Crippen MR) is 147 cm³/mol. The molecule has 0 bridgehead atoms. The molecule has 0 unspecified atom stereocenters. The molecular weight excluding hydrogens is 514 g/mol. The largest absolute Gasteiger partial charge is 0.345 e. The summed E-state index contributed by atoms with van der Waals surface area (Å²) in [6.07, 6.45) is 12.6. The second-order valence-electron chi connectivity index (χ2n) is 9.77. The lowest BCUT2D eigenvalue weighted by atomic mass is 9.85. The number of fused-ring (bicyclic) bond motifs is 2. The number of pyridine rings is 2.